The first-order valence-corrected chi connectivity index (χ1v) is 40.7. The van der Waals surface area contributed by atoms with E-state index < -0.39 is 69.9 Å². The summed E-state index contributed by atoms with van der Waals surface area (Å²) in [6, 6.07) is 0. The van der Waals surface area contributed by atoms with Gasteiger partial charge in [-0.05, 0) is 92.3 Å². The molecule has 6 aromatic heterocycles. The Bertz CT molecular complexity index is 3310. The average Bonchev–Trinajstić information content (AvgIpc) is 2.47. The molecule has 2 fully saturated rings. The Morgan fingerprint density at radius 1 is 0.548 bits per heavy atom. The predicted molar refractivity (Wildman–Crippen MR) is 333 cm³/mol. The summed E-state index contributed by atoms with van der Waals surface area (Å²) in [5.74, 6) is -0.909. The zero-order valence-corrected chi connectivity index (χ0v) is 57.8. The topological polar surface area (TPSA) is 294 Å². The molecule has 0 aliphatic carbocycles. The Labute approximate surface area is 499 Å². The molecule has 2 unspecified atom stereocenters. The molecule has 0 amide bonds. The average molecular weight is 1240 g/mol. The van der Waals surface area contributed by atoms with E-state index in [1.54, 1.807) is 19.6 Å². The normalized spacial score (nSPS) is 22.2. The van der Waals surface area contributed by atoms with Gasteiger partial charge in [0.1, 0.15) is 35.4 Å². The molecule has 24 nitrogen and oxygen atoms in total. The van der Waals surface area contributed by atoms with Crippen molar-refractivity contribution in [3.63, 3.8) is 0 Å². The van der Waals surface area contributed by atoms with Gasteiger partial charge >= 0.3 is 11.9 Å². The molecular weight excluding hydrogens is 1140 g/mol. The highest BCUT2D eigenvalue weighted by Gasteiger charge is 2.56. The van der Waals surface area contributed by atoms with Crippen molar-refractivity contribution in [2.45, 2.75) is 238 Å². The molecule has 0 spiro atoms. The van der Waals surface area contributed by atoms with Crippen LogP contribution in [0.15, 0.2) is 37.4 Å². The van der Waals surface area contributed by atoms with Crippen LogP contribution in [0.5, 0.6) is 0 Å². The van der Waals surface area contributed by atoms with Gasteiger partial charge in [0.05, 0.1) is 55.0 Å². The van der Waals surface area contributed by atoms with Crippen LogP contribution in [-0.4, -0.2) is 152 Å². The van der Waals surface area contributed by atoms with E-state index in [-0.39, 0.29) is 85.8 Å². The van der Waals surface area contributed by atoms with Crippen molar-refractivity contribution in [2.24, 2.45) is 0 Å². The second-order valence-corrected chi connectivity index (χ2v) is 47.2. The minimum absolute atomic E-state index is 0.00174. The summed E-state index contributed by atoms with van der Waals surface area (Å²) in [6.07, 6.45) is 7.41. The zero-order chi connectivity index (χ0) is 62.8. The Hall–Kier alpha value is -5.31. The summed E-state index contributed by atoms with van der Waals surface area (Å²) in [5.41, 5.74) is 14.8. The summed E-state index contributed by atoms with van der Waals surface area (Å²) >= 11 is 0. The summed E-state index contributed by atoms with van der Waals surface area (Å²) in [4.78, 5) is 51.0. The number of fused-ring (bicyclic) bond motifs is 2. The van der Waals surface area contributed by atoms with E-state index in [1.165, 1.54) is 34.2 Å². The quantitative estimate of drug-likeness (QED) is 0.0565. The first-order valence-electron chi connectivity index (χ1n) is 29.1. The number of carboxylic acids is 1. The Morgan fingerprint density at radius 3 is 1.19 bits per heavy atom. The van der Waals surface area contributed by atoms with Gasteiger partial charge in [-0.25, -0.2) is 28.9 Å². The van der Waals surface area contributed by atoms with Crippen LogP contribution in [0.1, 0.15) is 150 Å². The highest BCUT2D eigenvalue weighted by atomic mass is 28.4. The monoisotopic (exact) mass is 1230 g/mol. The smallest absolute Gasteiger partial charge is 0.341 e. The minimum atomic E-state index is -2.29. The van der Waals surface area contributed by atoms with Gasteiger partial charge in [0.15, 0.2) is 68.7 Å². The Balaban J connectivity index is 0.000000241. The molecule has 6 aromatic rings. The molecule has 0 radical (unpaired) electrons. The van der Waals surface area contributed by atoms with E-state index in [1.807, 2.05) is 9.13 Å². The van der Waals surface area contributed by atoms with Crippen LogP contribution in [0.4, 0.5) is 11.6 Å². The first-order chi connectivity index (χ1) is 38.6. The molecule has 0 aromatic carbocycles. The molecule has 8 atom stereocenters. The molecule has 8 heterocycles. The third-order valence-electron chi connectivity index (χ3n) is 18.1. The number of anilines is 2. The highest BCUT2D eigenvalue weighted by Crippen LogP contribution is 2.49. The van der Waals surface area contributed by atoms with Gasteiger partial charge in [0.2, 0.25) is 0 Å². The molecule has 0 saturated carbocycles. The summed E-state index contributed by atoms with van der Waals surface area (Å²) < 4.78 is 53.5. The number of ether oxygens (including phenoxy) is 3. The zero-order valence-electron chi connectivity index (χ0n) is 53.8. The highest BCUT2D eigenvalue weighted by molar-refractivity contribution is 6.75. The molecule has 2 aliphatic heterocycles. The molecule has 8 rings (SSSR count). The number of aromatic nitrogens is 12. The maximum absolute atomic E-state index is 12.2. The number of aromatic carboxylic acids is 1. The van der Waals surface area contributed by atoms with Gasteiger partial charge in [0.25, 0.3) is 11.9 Å². The van der Waals surface area contributed by atoms with Gasteiger partial charge in [-0.15, -0.1) is 0 Å². The lowest BCUT2D eigenvalue weighted by atomic mass is 10.1. The fourth-order valence-corrected chi connectivity index (χ4v) is 14.1. The van der Waals surface area contributed by atoms with Crippen LogP contribution < -0.4 is 11.5 Å². The minimum Gasteiger partial charge on any atom is -0.478 e. The van der Waals surface area contributed by atoms with E-state index in [0.717, 1.165) is 12.8 Å². The fraction of sp³-hybridized carbons (Fsp3) is 0.679. The van der Waals surface area contributed by atoms with Gasteiger partial charge in [0, 0.05) is 12.4 Å². The van der Waals surface area contributed by atoms with Crippen LogP contribution in [0.25, 0.3) is 34.2 Å². The van der Waals surface area contributed by atoms with Crippen LogP contribution in [0.2, 0.25) is 72.5 Å². The molecular formula is C56H94N14O10Si4. The summed E-state index contributed by atoms with van der Waals surface area (Å²) in [7, 11) is -8.97. The van der Waals surface area contributed by atoms with Crippen molar-refractivity contribution in [1.82, 2.24) is 58.6 Å². The van der Waals surface area contributed by atoms with Crippen LogP contribution in [-0.2, 0) is 31.9 Å². The number of carbonyl (C=O) groups is 2. The second kappa shape index (κ2) is 23.8. The summed E-state index contributed by atoms with van der Waals surface area (Å²) in [5, 5.41) is 17.7. The lowest BCUT2D eigenvalue weighted by Gasteiger charge is -2.44. The molecule has 2 saturated heterocycles. The van der Waals surface area contributed by atoms with E-state index in [9.17, 15) is 14.7 Å². The van der Waals surface area contributed by atoms with Crippen LogP contribution in [0, 0.1) is 0 Å². The predicted octanol–water partition coefficient (Wildman–Crippen LogP) is 11.2. The van der Waals surface area contributed by atoms with Crippen molar-refractivity contribution < 1.29 is 46.6 Å². The number of carbonyl (C=O) groups excluding carboxylic acids is 1. The third-order valence-corrected chi connectivity index (χ3v) is 36.0. The number of hydrogen-bond acceptors (Lipinski definition) is 19. The van der Waals surface area contributed by atoms with Crippen molar-refractivity contribution in [2.75, 3.05) is 18.1 Å². The number of hydrogen-bond donors (Lipinski definition) is 3. The fourth-order valence-electron chi connectivity index (χ4n) is 8.85. The molecule has 0 bridgehead atoms. The van der Waals surface area contributed by atoms with Gasteiger partial charge in [-0.1, -0.05) is 96.9 Å². The van der Waals surface area contributed by atoms with E-state index in [4.69, 9.17) is 53.3 Å². The van der Waals surface area contributed by atoms with Crippen molar-refractivity contribution in [3.05, 3.63) is 48.6 Å². The van der Waals surface area contributed by atoms with Crippen LogP contribution in [0.3, 0.4) is 0 Å². The SMILES string of the molecule is CCOC(=O)c1cnn(-c2nc(N)c3ncn(C4O[C@H](CC)[C@@H](O[Si](C)(C)C(C)(C)C)[C@H]4O[Si](C)(C)C(C)(C)C)c3n2)c1.CC[C@H]1OC(n2cnc3c(N)nc(-n4cc(C(=O)O)cn4)nc32)[C@H](O[Si](C)(C)C(C)(C)C)[C@@H]1O[Si](C)(C)C(C)(C)C. The number of imidazole rings is 2. The number of nitrogen functional groups attached to an aromatic ring is 2. The van der Waals surface area contributed by atoms with Crippen molar-refractivity contribution in [3.8, 4) is 11.9 Å². The molecule has 5 N–H and O–H groups in total. The van der Waals surface area contributed by atoms with Crippen molar-refractivity contribution in [1.29, 1.82) is 0 Å². The Kier molecular flexibility index (Phi) is 18.7. The molecule has 84 heavy (non-hydrogen) atoms. The second-order valence-electron chi connectivity index (χ2n) is 28.2. The number of rotatable bonds is 17. The van der Waals surface area contributed by atoms with E-state index >= 15 is 0 Å². The van der Waals surface area contributed by atoms with E-state index in [0.29, 0.717) is 22.3 Å². The maximum atomic E-state index is 12.2. The van der Waals surface area contributed by atoms with Crippen LogP contribution >= 0.6 is 0 Å². The first kappa shape index (κ1) is 66.2. The van der Waals surface area contributed by atoms with Gasteiger partial charge in [-0.2, -0.15) is 30.1 Å². The largest absolute Gasteiger partial charge is 0.478 e. The summed E-state index contributed by atoms with van der Waals surface area (Å²) in [6.45, 7) is 50.9. The van der Waals surface area contributed by atoms with E-state index in [2.05, 4.69) is 179 Å². The maximum Gasteiger partial charge on any atom is 0.341 e. The number of carboxylic acid groups (broad SMARTS) is 1. The molecule has 464 valence electrons. The molecule has 28 heteroatoms. The third kappa shape index (κ3) is 13.3. The lowest BCUT2D eigenvalue weighted by Crippen LogP contribution is -2.53. The number of nitrogens with zero attached hydrogens (tertiary/aromatic N) is 12. The number of esters is 1. The Morgan fingerprint density at radius 2 is 0.881 bits per heavy atom. The van der Waals surface area contributed by atoms with Gasteiger partial charge < -0.3 is 48.5 Å². The molecule has 2 aliphatic rings. The lowest BCUT2D eigenvalue weighted by molar-refractivity contribution is -0.0325. The van der Waals surface area contributed by atoms with Crippen molar-refractivity contribution >= 4 is 79.2 Å². The van der Waals surface area contributed by atoms with Gasteiger partial charge in [-0.3, -0.25) is 9.13 Å². The standard InChI is InChI=1S/C29H49N7O5Si2.C27H45N7O5Si2/c1-13-19-21(40-42(9,10)28(3,4)5)22(41-43(11,12)29(6,7)8)25(39-19)35-17-31-20-23(30)33-27(34-24(20)35)36-16-18(15-32-36)26(37)38-14-2;1-12-17-19(38-40(8,9)26(2,3)4)20(39-41(10,11)27(5,6)7)23(37-17)33-15-29-18-21(28)31-25(32-22(18)33)34-14-16(13-30-34)24(35)36/h15-17,19,21-22,25H,13-14H2,1-12H3,(H2,30,33,34);13-15,17,19-20,23H,12H2,1-11H3,(H,35,36)(H2,28,31,32)/t19-,21-,22-,25?;17-,19-,20-,23?/m11/s1. The number of nitrogens with two attached hydrogens (primary N) is 2.